The van der Waals surface area contributed by atoms with Crippen molar-refractivity contribution in [2.24, 2.45) is 0 Å². The number of benzene rings is 2. The van der Waals surface area contributed by atoms with Crippen molar-refractivity contribution in [3.05, 3.63) is 66.1 Å². The molecule has 6 rings (SSSR count). The molecular weight excluding hydrogens is 407 g/mol. The van der Waals surface area contributed by atoms with Crippen LogP contribution in [0.1, 0.15) is 0 Å². The minimum absolute atomic E-state index is 0.259. The summed E-state index contributed by atoms with van der Waals surface area (Å²) in [6.45, 7) is 0. The summed E-state index contributed by atoms with van der Waals surface area (Å²) in [7, 11) is 0. The van der Waals surface area contributed by atoms with Crippen LogP contribution in [0.5, 0.6) is 0 Å². The number of aromatic amines is 1. The molecule has 6 nitrogen and oxygen atoms in total. The standard InChI is InChI=1S/C20H11FN6S2/c21-12-7-5-11(6-8-12)13-9-28-17-16(13)18(23-10-22-17)29-20-26-25-19-24-14-3-1-2-4-15(14)27(19)20/h1-10H,(H,24,25). The van der Waals surface area contributed by atoms with Gasteiger partial charge in [-0.25, -0.2) is 24.4 Å². The van der Waals surface area contributed by atoms with Gasteiger partial charge in [0.25, 0.3) is 0 Å². The summed E-state index contributed by atoms with van der Waals surface area (Å²) in [6.07, 6.45) is 1.56. The van der Waals surface area contributed by atoms with Crippen LogP contribution >= 0.6 is 23.1 Å². The number of fused-ring (bicyclic) bond motifs is 4. The van der Waals surface area contributed by atoms with Gasteiger partial charge in [0.15, 0.2) is 0 Å². The molecule has 29 heavy (non-hydrogen) atoms. The maximum absolute atomic E-state index is 13.4. The third kappa shape index (κ3) is 2.62. The lowest BCUT2D eigenvalue weighted by Crippen LogP contribution is -1.89. The molecule has 0 saturated carbocycles. The van der Waals surface area contributed by atoms with Crippen LogP contribution in [-0.4, -0.2) is 29.5 Å². The lowest BCUT2D eigenvalue weighted by atomic mass is 10.1. The van der Waals surface area contributed by atoms with E-state index in [4.69, 9.17) is 0 Å². The number of aromatic nitrogens is 6. The molecule has 0 fully saturated rings. The van der Waals surface area contributed by atoms with E-state index in [1.54, 1.807) is 29.8 Å². The van der Waals surface area contributed by atoms with E-state index in [2.05, 4.69) is 25.1 Å². The fourth-order valence-corrected chi connectivity index (χ4v) is 5.29. The Labute approximate surface area is 171 Å². The summed E-state index contributed by atoms with van der Waals surface area (Å²) < 4.78 is 15.4. The number of rotatable bonds is 3. The molecule has 0 aliphatic carbocycles. The van der Waals surface area contributed by atoms with Crippen molar-refractivity contribution >= 4 is 50.1 Å². The highest BCUT2D eigenvalue weighted by Crippen LogP contribution is 2.40. The highest BCUT2D eigenvalue weighted by Gasteiger charge is 2.18. The van der Waals surface area contributed by atoms with Crippen molar-refractivity contribution in [3.63, 3.8) is 0 Å². The summed E-state index contributed by atoms with van der Waals surface area (Å²) in [5.74, 6) is 0.424. The van der Waals surface area contributed by atoms with Crippen molar-refractivity contribution < 1.29 is 4.39 Å². The molecule has 0 spiro atoms. The van der Waals surface area contributed by atoms with Crippen LogP contribution in [0.3, 0.4) is 0 Å². The topological polar surface area (TPSA) is 71.8 Å². The molecule has 0 saturated heterocycles. The first-order valence-corrected chi connectivity index (χ1v) is 10.4. The number of para-hydroxylation sites is 2. The zero-order valence-electron chi connectivity index (χ0n) is 14.7. The van der Waals surface area contributed by atoms with E-state index in [9.17, 15) is 4.39 Å². The monoisotopic (exact) mass is 418 g/mol. The Kier molecular flexibility index (Phi) is 3.65. The first kappa shape index (κ1) is 16.6. The summed E-state index contributed by atoms with van der Waals surface area (Å²) in [5.41, 5.74) is 3.79. The largest absolute Gasteiger partial charge is 0.254 e. The van der Waals surface area contributed by atoms with Gasteiger partial charge in [-0.15, -0.1) is 16.4 Å². The number of hydrogen-bond acceptors (Lipinski definition) is 6. The third-order valence-electron chi connectivity index (χ3n) is 4.68. The van der Waals surface area contributed by atoms with E-state index in [1.165, 1.54) is 23.9 Å². The van der Waals surface area contributed by atoms with Crippen molar-refractivity contribution in [3.8, 4) is 11.1 Å². The summed E-state index contributed by atoms with van der Waals surface area (Å²) >= 11 is 2.99. The Morgan fingerprint density at radius 2 is 1.90 bits per heavy atom. The molecule has 6 aromatic rings. The molecular formula is C20H11FN6S2. The fraction of sp³-hybridized carbons (Fsp3) is 0. The lowest BCUT2D eigenvalue weighted by molar-refractivity contribution is 0.628. The van der Waals surface area contributed by atoms with Gasteiger partial charge in [0.1, 0.15) is 22.0 Å². The highest BCUT2D eigenvalue weighted by molar-refractivity contribution is 7.99. The molecule has 9 heteroatoms. The van der Waals surface area contributed by atoms with Crippen molar-refractivity contribution in [1.82, 2.24) is 29.5 Å². The second kappa shape index (κ2) is 6.36. The molecule has 0 aliphatic heterocycles. The molecule has 4 heterocycles. The minimum atomic E-state index is -0.259. The maximum Gasteiger partial charge on any atom is 0.231 e. The second-order valence-corrected chi connectivity index (χ2v) is 8.20. The van der Waals surface area contributed by atoms with Gasteiger partial charge in [-0.2, -0.15) is 0 Å². The molecule has 0 bridgehead atoms. The van der Waals surface area contributed by atoms with E-state index < -0.39 is 0 Å². The zero-order chi connectivity index (χ0) is 19.4. The molecule has 0 aliphatic rings. The van der Waals surface area contributed by atoms with E-state index in [0.29, 0.717) is 5.78 Å². The van der Waals surface area contributed by atoms with E-state index >= 15 is 0 Å². The number of H-pyrrole nitrogens is 1. The quantitative estimate of drug-likeness (QED) is 0.401. The van der Waals surface area contributed by atoms with Gasteiger partial charge in [-0.3, -0.25) is 4.40 Å². The summed E-state index contributed by atoms with van der Waals surface area (Å²) in [4.78, 5) is 14.4. The predicted octanol–water partition coefficient (Wildman–Crippen LogP) is 5.17. The van der Waals surface area contributed by atoms with E-state index in [0.717, 1.165) is 42.6 Å². The van der Waals surface area contributed by atoms with Crippen molar-refractivity contribution in [2.45, 2.75) is 10.2 Å². The SMILES string of the molecule is Fc1ccc(-c2csc3ncnc(Sc4n[nH]c5nc6ccccc6n45)c23)cc1. The number of nitrogens with one attached hydrogen (secondary N) is 1. The minimum Gasteiger partial charge on any atom is -0.254 e. The number of imidazole rings is 1. The Bertz CT molecular complexity index is 1500. The van der Waals surface area contributed by atoms with Gasteiger partial charge in [-0.1, -0.05) is 24.3 Å². The van der Waals surface area contributed by atoms with E-state index in [1.807, 2.05) is 34.0 Å². The zero-order valence-corrected chi connectivity index (χ0v) is 16.3. The van der Waals surface area contributed by atoms with Crippen LogP contribution < -0.4 is 0 Å². The first-order chi connectivity index (χ1) is 14.3. The molecule has 0 unspecified atom stereocenters. The Morgan fingerprint density at radius 3 is 2.79 bits per heavy atom. The summed E-state index contributed by atoms with van der Waals surface area (Å²) in [6, 6.07) is 14.4. The normalized spacial score (nSPS) is 11.8. The molecule has 4 aromatic heterocycles. The Hall–Kier alpha value is -3.30. The highest BCUT2D eigenvalue weighted by atomic mass is 32.2. The van der Waals surface area contributed by atoms with Crippen LogP contribution in [0.4, 0.5) is 4.39 Å². The molecule has 0 amide bonds. The van der Waals surface area contributed by atoms with Crippen LogP contribution in [-0.2, 0) is 0 Å². The van der Waals surface area contributed by atoms with Crippen LogP contribution in [0.25, 0.3) is 38.2 Å². The average Bonchev–Trinajstić information content (AvgIpc) is 3.43. The lowest BCUT2D eigenvalue weighted by Gasteiger charge is -2.04. The van der Waals surface area contributed by atoms with Crippen molar-refractivity contribution in [2.75, 3.05) is 0 Å². The Morgan fingerprint density at radius 1 is 1.03 bits per heavy atom. The Balaban J connectivity index is 1.53. The number of nitrogens with zero attached hydrogens (tertiary/aromatic N) is 5. The van der Waals surface area contributed by atoms with Gasteiger partial charge in [-0.05, 0) is 41.6 Å². The molecule has 1 N–H and O–H groups in total. The van der Waals surface area contributed by atoms with Crippen molar-refractivity contribution in [1.29, 1.82) is 0 Å². The summed E-state index contributed by atoms with van der Waals surface area (Å²) in [5, 5.41) is 11.9. The van der Waals surface area contributed by atoms with Crippen LogP contribution in [0, 0.1) is 5.82 Å². The maximum atomic E-state index is 13.4. The van der Waals surface area contributed by atoms with Gasteiger partial charge in [0, 0.05) is 10.9 Å². The molecule has 0 radical (unpaired) electrons. The van der Waals surface area contributed by atoms with Gasteiger partial charge >= 0.3 is 0 Å². The second-order valence-electron chi connectivity index (χ2n) is 6.38. The predicted molar refractivity (Wildman–Crippen MR) is 112 cm³/mol. The number of halogens is 1. The fourth-order valence-electron chi connectivity index (χ4n) is 3.36. The number of hydrogen-bond donors (Lipinski definition) is 1. The first-order valence-electron chi connectivity index (χ1n) is 8.75. The van der Waals surface area contributed by atoms with E-state index in [-0.39, 0.29) is 5.82 Å². The smallest absolute Gasteiger partial charge is 0.231 e. The van der Waals surface area contributed by atoms with Gasteiger partial charge in [0.2, 0.25) is 10.9 Å². The molecule has 140 valence electrons. The molecule has 2 aromatic carbocycles. The van der Waals surface area contributed by atoms with Crippen LogP contribution in [0.2, 0.25) is 0 Å². The average molecular weight is 418 g/mol. The molecule has 0 atom stereocenters. The third-order valence-corrected chi connectivity index (χ3v) is 6.53. The van der Waals surface area contributed by atoms with Gasteiger partial charge < -0.3 is 0 Å². The van der Waals surface area contributed by atoms with Crippen LogP contribution in [0.15, 0.2) is 70.4 Å². The number of thiophene rings is 1. The van der Waals surface area contributed by atoms with Gasteiger partial charge in [0.05, 0.1) is 16.4 Å².